The van der Waals surface area contributed by atoms with Gasteiger partial charge in [0.15, 0.2) is 0 Å². The molecular weight excluding hydrogens is 518 g/mol. The molecule has 0 N–H and O–H groups in total. The first-order valence-electron chi connectivity index (χ1n) is 13.3. The Labute approximate surface area is 223 Å². The summed E-state index contributed by atoms with van der Waals surface area (Å²) in [7, 11) is -3.90. The van der Waals surface area contributed by atoms with Gasteiger partial charge in [-0.15, -0.1) is 0 Å². The van der Waals surface area contributed by atoms with E-state index in [1.165, 1.54) is 12.1 Å². The van der Waals surface area contributed by atoms with Gasteiger partial charge in [0.2, 0.25) is 15.9 Å². The molecule has 2 saturated carbocycles. The monoisotopic (exact) mass is 551 g/mol. The van der Waals surface area contributed by atoms with E-state index in [-0.39, 0.29) is 47.6 Å². The van der Waals surface area contributed by atoms with Crippen LogP contribution in [0, 0.1) is 5.92 Å². The second-order valence-electron chi connectivity index (χ2n) is 11.3. The van der Waals surface area contributed by atoms with E-state index in [2.05, 4.69) is 0 Å². The first kappa shape index (κ1) is 25.4. The van der Waals surface area contributed by atoms with Crippen molar-refractivity contribution in [3.63, 3.8) is 0 Å². The summed E-state index contributed by atoms with van der Waals surface area (Å²) in [5.41, 5.74) is -0.916. The van der Waals surface area contributed by atoms with Crippen LogP contribution in [0.2, 0.25) is 5.02 Å². The normalized spacial score (nSPS) is 33.3. The van der Waals surface area contributed by atoms with Crippen molar-refractivity contribution in [1.82, 2.24) is 14.1 Å². The van der Waals surface area contributed by atoms with Gasteiger partial charge in [-0.2, -0.15) is 4.31 Å². The predicted octanol–water partition coefficient (Wildman–Crippen LogP) is 3.26. The van der Waals surface area contributed by atoms with Gasteiger partial charge in [-0.1, -0.05) is 11.6 Å². The zero-order valence-corrected chi connectivity index (χ0v) is 22.8. The quantitative estimate of drug-likeness (QED) is 0.557. The highest BCUT2D eigenvalue weighted by atomic mass is 35.5. The Kier molecular flexibility index (Phi) is 6.25. The molecular formula is C26H34ClN3O6S. The van der Waals surface area contributed by atoms with Gasteiger partial charge in [-0.05, 0) is 75.6 Å². The van der Waals surface area contributed by atoms with E-state index in [1.54, 1.807) is 28.3 Å². The summed E-state index contributed by atoms with van der Waals surface area (Å²) >= 11 is 6.04. The number of amides is 2. The minimum atomic E-state index is -3.90. The number of nitrogens with zero attached hydrogens (tertiary/aromatic N) is 3. The van der Waals surface area contributed by atoms with Gasteiger partial charge in [0, 0.05) is 37.1 Å². The van der Waals surface area contributed by atoms with Crippen LogP contribution in [-0.4, -0.2) is 90.1 Å². The molecule has 2 unspecified atom stereocenters. The maximum absolute atomic E-state index is 14.1. The molecule has 9 nitrogen and oxygen atoms in total. The standard InChI is InChI=1S/C26H34ClN3O6S/c1-16-24(18-3-4-18)30(37(33,34)22-9-5-19(27)6-10-22)23(15-35-16)26(11-12-26)36-25(32)28-13-20-7-8-21(14-28)29(20)17(2)31/h5-6,9-10,16,18,20-21,23-24H,3-4,7-8,11-15H2,1-2H3/t16-,20?,21?,23-,24+/m1/s1. The molecule has 3 aliphatic heterocycles. The van der Waals surface area contributed by atoms with E-state index in [0.717, 1.165) is 25.7 Å². The Bertz CT molecular complexity index is 1170. The van der Waals surface area contributed by atoms with E-state index in [1.807, 2.05) is 11.8 Å². The second kappa shape index (κ2) is 9.10. The maximum atomic E-state index is 14.1. The Balaban J connectivity index is 1.27. The van der Waals surface area contributed by atoms with Gasteiger partial charge in [0.1, 0.15) is 5.60 Å². The number of sulfonamides is 1. The van der Waals surface area contributed by atoms with Crippen LogP contribution in [0.4, 0.5) is 4.79 Å². The van der Waals surface area contributed by atoms with Gasteiger partial charge < -0.3 is 19.3 Å². The first-order chi connectivity index (χ1) is 17.6. The van der Waals surface area contributed by atoms with Crippen molar-refractivity contribution >= 4 is 33.6 Å². The van der Waals surface area contributed by atoms with Crippen LogP contribution in [0.15, 0.2) is 29.2 Å². The summed E-state index contributed by atoms with van der Waals surface area (Å²) < 4.78 is 42.1. The molecule has 11 heteroatoms. The summed E-state index contributed by atoms with van der Waals surface area (Å²) in [6, 6.07) is 5.35. The van der Waals surface area contributed by atoms with E-state index >= 15 is 0 Å². The third-order valence-electron chi connectivity index (χ3n) is 8.84. The van der Waals surface area contributed by atoms with Crippen molar-refractivity contribution in [2.45, 2.75) is 93.1 Å². The summed E-state index contributed by atoms with van der Waals surface area (Å²) in [6.45, 7) is 4.57. The lowest BCUT2D eigenvalue weighted by molar-refractivity contribution is -0.135. The highest BCUT2D eigenvalue weighted by Crippen LogP contribution is 2.51. The number of carbonyl (C=O) groups is 2. The Morgan fingerprint density at radius 3 is 2.22 bits per heavy atom. The van der Waals surface area contributed by atoms with Crippen LogP contribution in [-0.2, 0) is 24.3 Å². The zero-order chi connectivity index (χ0) is 26.1. The molecule has 0 aromatic heterocycles. The number of ether oxygens (including phenoxy) is 2. The molecule has 3 heterocycles. The average molecular weight is 552 g/mol. The van der Waals surface area contributed by atoms with E-state index < -0.39 is 27.8 Å². The molecule has 5 fully saturated rings. The fourth-order valence-electron chi connectivity index (χ4n) is 6.73. The molecule has 2 bridgehead atoms. The molecule has 5 atom stereocenters. The van der Waals surface area contributed by atoms with Crippen LogP contribution in [0.3, 0.4) is 0 Å². The van der Waals surface area contributed by atoms with Gasteiger partial charge in [0.05, 0.1) is 29.7 Å². The van der Waals surface area contributed by atoms with Crippen molar-refractivity contribution < 1.29 is 27.5 Å². The summed E-state index contributed by atoms with van der Waals surface area (Å²) in [5, 5.41) is 0.469. The molecule has 0 spiro atoms. The number of benzene rings is 1. The van der Waals surface area contributed by atoms with Crippen LogP contribution in [0.25, 0.3) is 0 Å². The third-order valence-corrected chi connectivity index (χ3v) is 11.0. The number of piperazine rings is 1. The third kappa shape index (κ3) is 4.43. The number of likely N-dealkylation sites (tertiary alicyclic amines) is 1. The van der Waals surface area contributed by atoms with Gasteiger partial charge in [-0.25, -0.2) is 13.2 Å². The van der Waals surface area contributed by atoms with Gasteiger partial charge in [-0.3, -0.25) is 4.79 Å². The van der Waals surface area contributed by atoms with Gasteiger partial charge >= 0.3 is 6.09 Å². The average Bonchev–Trinajstić information content (AvgIpc) is 3.78. The Morgan fingerprint density at radius 1 is 1.05 bits per heavy atom. The van der Waals surface area contributed by atoms with Crippen molar-refractivity contribution in [3.05, 3.63) is 29.3 Å². The lowest BCUT2D eigenvalue weighted by Crippen LogP contribution is -2.64. The van der Waals surface area contributed by atoms with Crippen LogP contribution in [0.5, 0.6) is 0 Å². The topological polar surface area (TPSA) is 96.5 Å². The van der Waals surface area contributed by atoms with Gasteiger partial charge in [0.25, 0.3) is 0 Å². The number of carbonyl (C=O) groups excluding carboxylic acids is 2. The van der Waals surface area contributed by atoms with E-state index in [9.17, 15) is 18.0 Å². The molecule has 1 aromatic carbocycles. The van der Waals surface area contributed by atoms with Crippen LogP contribution < -0.4 is 0 Å². The van der Waals surface area contributed by atoms with Crippen molar-refractivity contribution in [2.24, 2.45) is 5.92 Å². The molecule has 2 aliphatic carbocycles. The fourth-order valence-corrected chi connectivity index (χ4v) is 8.83. The predicted molar refractivity (Wildman–Crippen MR) is 136 cm³/mol. The number of morpholine rings is 1. The minimum Gasteiger partial charge on any atom is -0.441 e. The SMILES string of the molecule is CC(=O)N1C2CCC1CN(C(=O)OC1([C@H]3CO[C@H](C)[C@@H](C4CC4)N3S(=O)(=O)c3ccc(Cl)cc3)CC1)C2. The maximum Gasteiger partial charge on any atom is 0.410 e. The highest BCUT2D eigenvalue weighted by molar-refractivity contribution is 7.89. The molecule has 1 aromatic rings. The van der Waals surface area contributed by atoms with Crippen molar-refractivity contribution in [2.75, 3.05) is 19.7 Å². The lowest BCUT2D eigenvalue weighted by Gasteiger charge is -2.47. The highest BCUT2D eigenvalue weighted by Gasteiger charge is 2.63. The second-order valence-corrected chi connectivity index (χ2v) is 13.6. The summed E-state index contributed by atoms with van der Waals surface area (Å²) in [4.78, 5) is 29.3. The molecule has 2 amide bonds. The largest absolute Gasteiger partial charge is 0.441 e. The zero-order valence-electron chi connectivity index (χ0n) is 21.2. The molecule has 0 radical (unpaired) electrons. The number of fused-ring (bicyclic) bond motifs is 2. The Hall–Kier alpha value is -1.88. The van der Waals surface area contributed by atoms with E-state index in [4.69, 9.17) is 21.1 Å². The number of hydrogen-bond acceptors (Lipinski definition) is 6. The molecule has 202 valence electrons. The number of rotatable bonds is 5. The van der Waals surface area contributed by atoms with Crippen molar-refractivity contribution in [3.8, 4) is 0 Å². The lowest BCUT2D eigenvalue weighted by atomic mass is 9.99. The summed E-state index contributed by atoms with van der Waals surface area (Å²) in [6.07, 6.45) is 4.15. The number of hydrogen-bond donors (Lipinski definition) is 0. The molecule has 37 heavy (non-hydrogen) atoms. The molecule has 3 saturated heterocycles. The summed E-state index contributed by atoms with van der Waals surface area (Å²) in [5.74, 6) is 0.267. The first-order valence-corrected chi connectivity index (χ1v) is 15.1. The smallest absolute Gasteiger partial charge is 0.410 e. The molecule has 5 aliphatic rings. The number of halogens is 1. The van der Waals surface area contributed by atoms with Crippen molar-refractivity contribution in [1.29, 1.82) is 0 Å². The fraction of sp³-hybridized carbons (Fsp3) is 0.692. The van der Waals surface area contributed by atoms with Crippen LogP contribution >= 0.6 is 11.6 Å². The van der Waals surface area contributed by atoms with Crippen LogP contribution in [0.1, 0.15) is 52.4 Å². The molecule has 6 rings (SSSR count). The van der Waals surface area contributed by atoms with E-state index in [0.29, 0.717) is 31.0 Å². The Morgan fingerprint density at radius 2 is 1.68 bits per heavy atom. The minimum absolute atomic E-state index is 0.0128.